The molecule has 0 aliphatic carbocycles. The number of carbonyl (C=O) groups excluding carboxylic acids is 1. The lowest BCUT2D eigenvalue weighted by Crippen LogP contribution is -2.37. The molecule has 1 aliphatic heterocycles. The summed E-state index contributed by atoms with van der Waals surface area (Å²) in [6.07, 6.45) is 0.168. The number of likely N-dealkylation sites (N-methyl/N-ethyl adjacent to an activating group) is 1. The van der Waals surface area contributed by atoms with Crippen molar-refractivity contribution in [2.24, 2.45) is 0 Å². The number of ether oxygens (including phenoxy) is 1. The predicted octanol–water partition coefficient (Wildman–Crippen LogP) is 1.99. The molecule has 27 heavy (non-hydrogen) atoms. The third kappa shape index (κ3) is 4.40. The zero-order valence-electron chi connectivity index (χ0n) is 16.3. The summed E-state index contributed by atoms with van der Waals surface area (Å²) in [6.45, 7) is 6.92. The molecular formula is C19H27N3O4S. The van der Waals surface area contributed by atoms with Crippen LogP contribution in [0.4, 0.5) is 0 Å². The van der Waals surface area contributed by atoms with Crippen molar-refractivity contribution in [1.29, 1.82) is 0 Å². The first-order valence-electron chi connectivity index (χ1n) is 9.06. The number of rotatable bonds is 7. The van der Waals surface area contributed by atoms with Crippen LogP contribution in [0.1, 0.15) is 37.8 Å². The van der Waals surface area contributed by atoms with Crippen LogP contribution < -0.4 is 0 Å². The van der Waals surface area contributed by atoms with E-state index in [2.05, 4.69) is 10.1 Å². The third-order valence-corrected chi connectivity index (χ3v) is 6.02. The molecule has 1 amide bonds. The van der Waals surface area contributed by atoms with E-state index in [1.807, 2.05) is 19.2 Å². The molecule has 0 spiro atoms. The lowest BCUT2D eigenvalue weighted by molar-refractivity contribution is 0.0380. The Labute approximate surface area is 163 Å². The molecule has 1 unspecified atom stereocenters. The van der Waals surface area contributed by atoms with E-state index in [9.17, 15) is 9.90 Å². The van der Waals surface area contributed by atoms with Crippen molar-refractivity contribution in [2.45, 2.75) is 39.5 Å². The molecule has 0 aromatic carbocycles. The van der Waals surface area contributed by atoms with Gasteiger partial charge in [-0.1, -0.05) is 5.16 Å². The Morgan fingerprint density at radius 3 is 2.96 bits per heavy atom. The van der Waals surface area contributed by atoms with E-state index in [4.69, 9.17) is 9.26 Å². The molecular weight excluding hydrogens is 366 g/mol. The summed E-state index contributed by atoms with van der Waals surface area (Å²) in [5.41, 5.74) is 4.00. The van der Waals surface area contributed by atoms with Gasteiger partial charge in [0.05, 0.1) is 24.0 Å². The van der Waals surface area contributed by atoms with Crippen molar-refractivity contribution >= 4 is 17.2 Å². The maximum atomic E-state index is 12.8. The van der Waals surface area contributed by atoms with Crippen LogP contribution in [0.2, 0.25) is 0 Å². The molecule has 3 heterocycles. The number of methoxy groups -OCH3 is 1. The molecule has 0 bridgehead atoms. The minimum absolute atomic E-state index is 0.0400. The Balaban J connectivity index is 1.67. The van der Waals surface area contributed by atoms with Crippen molar-refractivity contribution < 1.29 is 19.2 Å². The average molecular weight is 394 g/mol. The summed E-state index contributed by atoms with van der Waals surface area (Å²) in [5, 5.41) is 15.9. The maximum absolute atomic E-state index is 12.8. The molecule has 2 aromatic rings. The highest BCUT2D eigenvalue weighted by molar-refractivity contribution is 7.10. The topological polar surface area (TPSA) is 79.0 Å². The fraction of sp³-hybridized carbons (Fsp3) is 0.579. The van der Waals surface area contributed by atoms with Gasteiger partial charge in [-0.25, -0.2) is 0 Å². The van der Waals surface area contributed by atoms with Crippen molar-refractivity contribution in [1.82, 2.24) is 15.0 Å². The number of thiophene rings is 1. The van der Waals surface area contributed by atoms with Crippen LogP contribution in [0, 0.1) is 13.8 Å². The minimum Gasteiger partial charge on any atom is -0.389 e. The molecule has 3 rings (SSSR count). The van der Waals surface area contributed by atoms with Crippen LogP contribution in [-0.2, 0) is 24.2 Å². The molecule has 0 radical (unpaired) electrons. The molecule has 0 fully saturated rings. The predicted molar refractivity (Wildman–Crippen MR) is 103 cm³/mol. The highest BCUT2D eigenvalue weighted by Gasteiger charge is 2.27. The molecule has 1 atom stereocenters. The number of aromatic nitrogens is 1. The van der Waals surface area contributed by atoms with Crippen LogP contribution in [-0.4, -0.2) is 65.9 Å². The largest absolute Gasteiger partial charge is 0.389 e. The van der Waals surface area contributed by atoms with Gasteiger partial charge in [-0.2, -0.15) is 0 Å². The Morgan fingerprint density at radius 1 is 1.52 bits per heavy atom. The molecule has 7 nitrogen and oxygen atoms in total. The number of amides is 1. The Bertz CT molecular complexity index is 781. The van der Waals surface area contributed by atoms with Gasteiger partial charge in [-0.15, -0.1) is 11.3 Å². The summed E-state index contributed by atoms with van der Waals surface area (Å²) >= 11 is 1.64. The number of hydrogen-bond donors (Lipinski definition) is 1. The molecule has 148 valence electrons. The fourth-order valence-electron chi connectivity index (χ4n) is 3.50. The van der Waals surface area contributed by atoms with E-state index >= 15 is 0 Å². The molecule has 1 aliphatic rings. The first-order valence-corrected chi connectivity index (χ1v) is 9.94. The number of aliphatic hydroxyl groups is 1. The van der Waals surface area contributed by atoms with Gasteiger partial charge in [0, 0.05) is 56.2 Å². The summed E-state index contributed by atoms with van der Waals surface area (Å²) in [7, 11) is 3.26. The van der Waals surface area contributed by atoms with Gasteiger partial charge in [0.1, 0.15) is 5.76 Å². The van der Waals surface area contributed by atoms with Gasteiger partial charge in [0.15, 0.2) is 0 Å². The third-order valence-electron chi connectivity index (χ3n) is 5.01. The van der Waals surface area contributed by atoms with Crippen LogP contribution in [0.3, 0.4) is 0 Å². The van der Waals surface area contributed by atoms with Crippen molar-refractivity contribution in [3.8, 4) is 0 Å². The molecule has 1 N–H and O–H groups in total. The van der Waals surface area contributed by atoms with Gasteiger partial charge >= 0.3 is 0 Å². The van der Waals surface area contributed by atoms with Crippen LogP contribution >= 0.6 is 11.3 Å². The molecule has 0 saturated carbocycles. The number of carbonyl (C=O) groups is 1. The van der Waals surface area contributed by atoms with Gasteiger partial charge in [-0.3, -0.25) is 9.69 Å². The number of hydrogen-bond acceptors (Lipinski definition) is 7. The Hall–Kier alpha value is -1.74. The molecule has 0 saturated heterocycles. The normalized spacial score (nSPS) is 15.6. The van der Waals surface area contributed by atoms with Crippen LogP contribution in [0.15, 0.2) is 9.90 Å². The summed E-state index contributed by atoms with van der Waals surface area (Å²) in [4.78, 5) is 18.0. The first-order chi connectivity index (χ1) is 12.9. The van der Waals surface area contributed by atoms with Crippen LogP contribution in [0.25, 0.3) is 0 Å². The summed E-state index contributed by atoms with van der Waals surface area (Å²) < 4.78 is 10.2. The highest BCUT2D eigenvalue weighted by atomic mass is 32.1. The SMILES string of the molecule is COCC(O)CN(C)C(=O)c1csc2c1CCN(Cc1c(C)noc1C)C2. The minimum atomic E-state index is -0.677. The molecule has 8 heteroatoms. The number of nitrogens with zero attached hydrogens (tertiary/aromatic N) is 3. The molecule has 2 aromatic heterocycles. The zero-order valence-corrected chi connectivity index (χ0v) is 17.1. The second-order valence-electron chi connectivity index (χ2n) is 7.11. The Kier molecular flexibility index (Phi) is 6.31. The van der Waals surface area contributed by atoms with E-state index in [1.54, 1.807) is 23.3 Å². The van der Waals surface area contributed by atoms with E-state index in [0.29, 0.717) is 0 Å². The van der Waals surface area contributed by atoms with Gasteiger partial charge in [-0.05, 0) is 25.8 Å². The summed E-state index contributed by atoms with van der Waals surface area (Å²) in [5.74, 6) is 0.832. The van der Waals surface area contributed by atoms with E-state index in [1.165, 1.54) is 12.0 Å². The van der Waals surface area contributed by atoms with Crippen molar-refractivity contribution in [2.75, 3.05) is 33.9 Å². The standard InChI is InChI=1S/C19H27N3O4S/c1-12-16(13(2)26-20-12)8-22-6-5-15-17(11-27-18(15)9-22)19(24)21(3)7-14(23)10-25-4/h11,14,23H,5-10H2,1-4H3. The Morgan fingerprint density at radius 2 is 2.30 bits per heavy atom. The fourth-order valence-corrected chi connectivity index (χ4v) is 4.61. The lowest BCUT2D eigenvalue weighted by Gasteiger charge is -2.27. The highest BCUT2D eigenvalue weighted by Crippen LogP contribution is 2.30. The van der Waals surface area contributed by atoms with E-state index < -0.39 is 6.10 Å². The zero-order chi connectivity index (χ0) is 19.6. The quantitative estimate of drug-likeness (QED) is 0.775. The van der Waals surface area contributed by atoms with Gasteiger partial charge < -0.3 is 19.3 Å². The van der Waals surface area contributed by atoms with Crippen molar-refractivity contribution in [3.05, 3.63) is 38.4 Å². The number of aliphatic hydroxyl groups excluding tert-OH is 1. The second kappa shape index (κ2) is 8.52. The lowest BCUT2D eigenvalue weighted by atomic mass is 10.0. The monoisotopic (exact) mass is 393 g/mol. The maximum Gasteiger partial charge on any atom is 0.254 e. The number of aryl methyl sites for hydroxylation is 2. The number of fused-ring (bicyclic) bond motifs is 1. The first kappa shape index (κ1) is 20.0. The summed E-state index contributed by atoms with van der Waals surface area (Å²) in [6, 6.07) is 0. The van der Waals surface area contributed by atoms with E-state index in [-0.39, 0.29) is 19.1 Å². The van der Waals surface area contributed by atoms with Gasteiger partial charge in [0.2, 0.25) is 0 Å². The van der Waals surface area contributed by atoms with E-state index in [0.717, 1.165) is 54.2 Å². The second-order valence-corrected chi connectivity index (χ2v) is 8.07. The van der Waals surface area contributed by atoms with Gasteiger partial charge in [0.25, 0.3) is 5.91 Å². The van der Waals surface area contributed by atoms with Crippen molar-refractivity contribution in [3.63, 3.8) is 0 Å². The smallest absolute Gasteiger partial charge is 0.254 e. The van der Waals surface area contributed by atoms with Crippen LogP contribution in [0.5, 0.6) is 0 Å². The average Bonchev–Trinajstić information content (AvgIpc) is 3.19.